The fourth-order valence-corrected chi connectivity index (χ4v) is 2.89. The molecule has 3 heteroatoms. The molecule has 2 aliphatic rings. The molecule has 1 spiro atoms. The standard InChI is InChI=1S/C13H17NO2/c1-9-11(15)3-2-10-12(9)16-8-13(10)4-6-14-7-5-13/h2-3,14-15H,4-8H2,1H3. The summed E-state index contributed by atoms with van der Waals surface area (Å²) in [5, 5.41) is 13.1. The summed E-state index contributed by atoms with van der Waals surface area (Å²) in [4.78, 5) is 0. The van der Waals surface area contributed by atoms with E-state index in [1.165, 1.54) is 5.56 Å². The first-order valence-electron chi connectivity index (χ1n) is 5.89. The third kappa shape index (κ3) is 1.24. The van der Waals surface area contributed by atoms with Crippen LogP contribution in [0.1, 0.15) is 24.0 Å². The van der Waals surface area contributed by atoms with Crippen LogP contribution in [0.3, 0.4) is 0 Å². The number of piperidine rings is 1. The van der Waals surface area contributed by atoms with Gasteiger partial charge in [0.25, 0.3) is 0 Å². The zero-order valence-electron chi connectivity index (χ0n) is 9.55. The van der Waals surface area contributed by atoms with Crippen LogP contribution in [0.4, 0.5) is 0 Å². The van der Waals surface area contributed by atoms with Crippen LogP contribution < -0.4 is 10.1 Å². The number of benzene rings is 1. The van der Waals surface area contributed by atoms with E-state index in [4.69, 9.17) is 4.74 Å². The Morgan fingerprint density at radius 3 is 2.81 bits per heavy atom. The number of phenols is 1. The molecule has 0 saturated carbocycles. The van der Waals surface area contributed by atoms with E-state index in [2.05, 4.69) is 5.32 Å². The highest BCUT2D eigenvalue weighted by molar-refractivity contribution is 5.54. The van der Waals surface area contributed by atoms with Crippen molar-refractivity contribution in [3.8, 4) is 11.5 Å². The van der Waals surface area contributed by atoms with Crippen molar-refractivity contribution in [2.45, 2.75) is 25.2 Å². The second kappa shape index (κ2) is 3.39. The van der Waals surface area contributed by atoms with Gasteiger partial charge in [0, 0.05) is 16.5 Å². The highest BCUT2D eigenvalue weighted by atomic mass is 16.5. The van der Waals surface area contributed by atoms with E-state index in [0.717, 1.165) is 43.9 Å². The molecule has 0 unspecified atom stereocenters. The number of hydrogen-bond acceptors (Lipinski definition) is 3. The minimum absolute atomic E-state index is 0.193. The summed E-state index contributed by atoms with van der Waals surface area (Å²) < 4.78 is 5.82. The molecule has 0 aromatic heterocycles. The maximum atomic E-state index is 9.68. The molecule has 2 aliphatic heterocycles. The maximum Gasteiger partial charge on any atom is 0.129 e. The summed E-state index contributed by atoms with van der Waals surface area (Å²) in [6.45, 7) is 4.81. The van der Waals surface area contributed by atoms with Gasteiger partial charge in [-0.1, -0.05) is 6.07 Å². The third-order valence-electron chi connectivity index (χ3n) is 4.00. The number of rotatable bonds is 0. The first-order valence-corrected chi connectivity index (χ1v) is 5.89. The summed E-state index contributed by atoms with van der Waals surface area (Å²) in [7, 11) is 0. The van der Waals surface area contributed by atoms with Crippen molar-refractivity contribution in [1.29, 1.82) is 0 Å². The number of phenolic OH excluding ortho intramolecular Hbond substituents is 1. The highest BCUT2D eigenvalue weighted by Crippen LogP contribution is 2.47. The summed E-state index contributed by atoms with van der Waals surface area (Å²) >= 11 is 0. The van der Waals surface area contributed by atoms with Gasteiger partial charge in [0.15, 0.2) is 0 Å². The van der Waals surface area contributed by atoms with Gasteiger partial charge in [-0.05, 0) is 38.9 Å². The monoisotopic (exact) mass is 219 g/mol. The Morgan fingerprint density at radius 2 is 2.06 bits per heavy atom. The van der Waals surface area contributed by atoms with Gasteiger partial charge < -0.3 is 15.2 Å². The van der Waals surface area contributed by atoms with Crippen LogP contribution in [0.5, 0.6) is 11.5 Å². The van der Waals surface area contributed by atoms with Crippen LogP contribution in [0.25, 0.3) is 0 Å². The van der Waals surface area contributed by atoms with Gasteiger partial charge in [-0.2, -0.15) is 0 Å². The average Bonchev–Trinajstić information content (AvgIpc) is 2.65. The molecule has 2 heterocycles. The van der Waals surface area contributed by atoms with Crippen LogP contribution in [0.2, 0.25) is 0 Å². The van der Waals surface area contributed by atoms with E-state index < -0.39 is 0 Å². The van der Waals surface area contributed by atoms with Gasteiger partial charge in [-0.25, -0.2) is 0 Å². The molecule has 0 amide bonds. The molecular formula is C13H17NO2. The Morgan fingerprint density at radius 1 is 1.31 bits per heavy atom. The molecule has 16 heavy (non-hydrogen) atoms. The van der Waals surface area contributed by atoms with E-state index in [0.29, 0.717) is 5.75 Å². The normalized spacial score (nSPS) is 21.8. The number of aromatic hydroxyl groups is 1. The number of hydrogen-bond donors (Lipinski definition) is 2. The molecule has 3 rings (SSSR count). The van der Waals surface area contributed by atoms with Crippen molar-refractivity contribution < 1.29 is 9.84 Å². The minimum atomic E-state index is 0.193. The molecule has 1 fully saturated rings. The van der Waals surface area contributed by atoms with E-state index in [-0.39, 0.29) is 5.41 Å². The van der Waals surface area contributed by atoms with Crippen molar-refractivity contribution in [2.75, 3.05) is 19.7 Å². The zero-order valence-corrected chi connectivity index (χ0v) is 9.55. The molecule has 1 aromatic rings. The molecule has 3 nitrogen and oxygen atoms in total. The van der Waals surface area contributed by atoms with Gasteiger partial charge in [-0.15, -0.1) is 0 Å². The fraction of sp³-hybridized carbons (Fsp3) is 0.538. The van der Waals surface area contributed by atoms with Crippen molar-refractivity contribution >= 4 is 0 Å². The van der Waals surface area contributed by atoms with Crippen LogP contribution in [-0.4, -0.2) is 24.8 Å². The van der Waals surface area contributed by atoms with Crippen LogP contribution in [0.15, 0.2) is 12.1 Å². The van der Waals surface area contributed by atoms with E-state index in [1.54, 1.807) is 6.07 Å². The topological polar surface area (TPSA) is 41.5 Å². The fourth-order valence-electron chi connectivity index (χ4n) is 2.89. The Hall–Kier alpha value is -1.22. The van der Waals surface area contributed by atoms with Crippen LogP contribution >= 0.6 is 0 Å². The molecule has 2 N–H and O–H groups in total. The molecule has 0 aliphatic carbocycles. The van der Waals surface area contributed by atoms with Gasteiger partial charge in [0.05, 0.1) is 6.61 Å². The van der Waals surface area contributed by atoms with Crippen molar-refractivity contribution in [3.05, 3.63) is 23.3 Å². The number of ether oxygens (including phenoxy) is 1. The smallest absolute Gasteiger partial charge is 0.129 e. The van der Waals surface area contributed by atoms with E-state index in [1.807, 2.05) is 13.0 Å². The third-order valence-corrected chi connectivity index (χ3v) is 4.00. The van der Waals surface area contributed by atoms with Crippen molar-refractivity contribution in [2.24, 2.45) is 0 Å². The predicted octanol–water partition coefficient (Wildman–Crippen LogP) is 1.71. The molecule has 86 valence electrons. The minimum Gasteiger partial charge on any atom is -0.508 e. The summed E-state index contributed by atoms with van der Waals surface area (Å²) in [6, 6.07) is 3.84. The lowest BCUT2D eigenvalue weighted by Gasteiger charge is -2.32. The van der Waals surface area contributed by atoms with E-state index >= 15 is 0 Å². The molecule has 1 saturated heterocycles. The summed E-state index contributed by atoms with van der Waals surface area (Å²) in [5.74, 6) is 1.26. The number of fused-ring (bicyclic) bond motifs is 2. The maximum absolute atomic E-state index is 9.68. The molecule has 1 aromatic carbocycles. The summed E-state index contributed by atoms with van der Waals surface area (Å²) in [6.07, 6.45) is 2.26. The lowest BCUT2D eigenvalue weighted by molar-refractivity contribution is 0.220. The van der Waals surface area contributed by atoms with Gasteiger partial charge in [-0.3, -0.25) is 0 Å². The van der Waals surface area contributed by atoms with Gasteiger partial charge in [0.2, 0.25) is 0 Å². The molecule has 0 bridgehead atoms. The lowest BCUT2D eigenvalue weighted by atomic mass is 9.74. The Balaban J connectivity index is 2.08. The molecule has 0 radical (unpaired) electrons. The Bertz CT molecular complexity index is 422. The first-order chi connectivity index (χ1) is 7.73. The largest absolute Gasteiger partial charge is 0.508 e. The molecule has 0 atom stereocenters. The SMILES string of the molecule is Cc1c(O)ccc2c1OCC21CCNCC1. The second-order valence-corrected chi connectivity index (χ2v) is 4.91. The van der Waals surface area contributed by atoms with Crippen LogP contribution in [-0.2, 0) is 5.41 Å². The Kier molecular flexibility index (Phi) is 2.11. The van der Waals surface area contributed by atoms with Gasteiger partial charge >= 0.3 is 0 Å². The zero-order chi connectivity index (χ0) is 11.2. The van der Waals surface area contributed by atoms with Crippen molar-refractivity contribution in [3.63, 3.8) is 0 Å². The first kappa shape index (κ1) is 9.97. The average molecular weight is 219 g/mol. The highest BCUT2D eigenvalue weighted by Gasteiger charge is 2.42. The summed E-state index contributed by atoms with van der Waals surface area (Å²) in [5.41, 5.74) is 2.37. The molecular weight excluding hydrogens is 202 g/mol. The lowest BCUT2D eigenvalue weighted by Crippen LogP contribution is -2.40. The van der Waals surface area contributed by atoms with E-state index in [9.17, 15) is 5.11 Å². The van der Waals surface area contributed by atoms with Gasteiger partial charge in [0.1, 0.15) is 11.5 Å². The van der Waals surface area contributed by atoms with Crippen molar-refractivity contribution in [1.82, 2.24) is 5.32 Å². The predicted molar refractivity (Wildman–Crippen MR) is 62.1 cm³/mol. The Labute approximate surface area is 95.4 Å². The second-order valence-electron chi connectivity index (χ2n) is 4.91. The number of nitrogens with one attached hydrogen (secondary N) is 1. The van der Waals surface area contributed by atoms with Crippen LogP contribution in [0, 0.1) is 6.92 Å². The quantitative estimate of drug-likeness (QED) is 0.698.